The summed E-state index contributed by atoms with van der Waals surface area (Å²) in [6.45, 7) is 0.749. The van der Waals surface area contributed by atoms with Gasteiger partial charge >= 0.3 is 5.63 Å². The highest BCUT2D eigenvalue weighted by Crippen LogP contribution is 2.31. The molecule has 126 valence electrons. The molecule has 25 heavy (non-hydrogen) atoms. The predicted molar refractivity (Wildman–Crippen MR) is 94.7 cm³/mol. The van der Waals surface area contributed by atoms with Gasteiger partial charge < -0.3 is 14.9 Å². The van der Waals surface area contributed by atoms with Gasteiger partial charge in [-0.15, -0.1) is 0 Å². The molecule has 1 aromatic heterocycles. The molecule has 0 spiro atoms. The van der Waals surface area contributed by atoms with E-state index in [1.807, 2.05) is 24.3 Å². The first kappa shape index (κ1) is 15.4. The summed E-state index contributed by atoms with van der Waals surface area (Å²) in [6, 6.07) is 13.8. The number of rotatable bonds is 5. The largest absolute Gasteiger partial charge is 0.493 e. The SMILES string of the molecule is NC(=O)c1ccc2oc(=O)cc(-c3ccc(OCC4CC4)cc3)c2c1. The highest BCUT2D eigenvalue weighted by molar-refractivity contribution is 6.00. The lowest BCUT2D eigenvalue weighted by molar-refractivity contribution is 0.100. The summed E-state index contributed by atoms with van der Waals surface area (Å²) >= 11 is 0. The molecule has 2 aromatic carbocycles. The monoisotopic (exact) mass is 335 g/mol. The maximum absolute atomic E-state index is 11.9. The number of primary amides is 1. The molecular weight excluding hydrogens is 318 g/mol. The topological polar surface area (TPSA) is 82.5 Å². The predicted octanol–water partition coefficient (Wildman–Crippen LogP) is 3.35. The van der Waals surface area contributed by atoms with Crippen LogP contribution in [-0.2, 0) is 0 Å². The van der Waals surface area contributed by atoms with Crippen LogP contribution < -0.4 is 16.1 Å². The van der Waals surface area contributed by atoms with Crippen molar-refractivity contribution in [2.24, 2.45) is 11.7 Å². The highest BCUT2D eigenvalue weighted by Gasteiger charge is 2.21. The van der Waals surface area contributed by atoms with Gasteiger partial charge in [-0.3, -0.25) is 4.79 Å². The quantitative estimate of drug-likeness (QED) is 0.725. The summed E-state index contributed by atoms with van der Waals surface area (Å²) in [6.07, 6.45) is 2.48. The van der Waals surface area contributed by atoms with Gasteiger partial charge in [-0.1, -0.05) is 12.1 Å². The van der Waals surface area contributed by atoms with Gasteiger partial charge in [0.2, 0.25) is 5.91 Å². The second-order valence-electron chi connectivity index (χ2n) is 6.33. The molecule has 4 rings (SSSR count). The zero-order valence-corrected chi connectivity index (χ0v) is 13.5. The minimum absolute atomic E-state index is 0.368. The van der Waals surface area contributed by atoms with E-state index < -0.39 is 11.5 Å². The molecular formula is C20H17NO4. The Balaban J connectivity index is 1.74. The molecule has 0 unspecified atom stereocenters. The van der Waals surface area contributed by atoms with Gasteiger partial charge in [0.25, 0.3) is 0 Å². The van der Waals surface area contributed by atoms with Gasteiger partial charge in [0.15, 0.2) is 0 Å². The molecule has 0 atom stereocenters. The van der Waals surface area contributed by atoms with Crippen molar-refractivity contribution in [3.8, 4) is 16.9 Å². The molecule has 5 nitrogen and oxygen atoms in total. The van der Waals surface area contributed by atoms with Crippen LogP contribution in [0.1, 0.15) is 23.2 Å². The van der Waals surface area contributed by atoms with Crippen molar-refractivity contribution in [2.75, 3.05) is 6.61 Å². The molecule has 5 heteroatoms. The Labute approximate surface area is 144 Å². The minimum atomic E-state index is -0.525. The summed E-state index contributed by atoms with van der Waals surface area (Å²) in [5.74, 6) is 0.971. The first-order chi connectivity index (χ1) is 12.1. The average Bonchev–Trinajstić information content (AvgIpc) is 3.43. The number of amides is 1. The van der Waals surface area contributed by atoms with Crippen LogP contribution in [0.2, 0.25) is 0 Å². The fourth-order valence-electron chi connectivity index (χ4n) is 2.78. The van der Waals surface area contributed by atoms with Gasteiger partial charge in [-0.2, -0.15) is 0 Å². The molecule has 2 N–H and O–H groups in total. The van der Waals surface area contributed by atoms with Gasteiger partial charge in [0.05, 0.1) is 6.61 Å². The van der Waals surface area contributed by atoms with Crippen LogP contribution in [-0.4, -0.2) is 12.5 Å². The first-order valence-corrected chi connectivity index (χ1v) is 8.21. The number of carbonyl (C=O) groups excluding carboxylic acids is 1. The second-order valence-corrected chi connectivity index (χ2v) is 6.33. The average molecular weight is 335 g/mol. The van der Waals surface area contributed by atoms with Crippen LogP contribution in [0.3, 0.4) is 0 Å². The molecule has 1 heterocycles. The van der Waals surface area contributed by atoms with E-state index in [0.29, 0.717) is 28.0 Å². The lowest BCUT2D eigenvalue weighted by atomic mass is 10.0. The lowest BCUT2D eigenvalue weighted by Gasteiger charge is -2.09. The Morgan fingerprint density at radius 2 is 1.88 bits per heavy atom. The Morgan fingerprint density at radius 3 is 2.56 bits per heavy atom. The minimum Gasteiger partial charge on any atom is -0.493 e. The van der Waals surface area contributed by atoms with Crippen molar-refractivity contribution < 1.29 is 13.9 Å². The van der Waals surface area contributed by atoms with E-state index in [-0.39, 0.29) is 0 Å². The zero-order valence-electron chi connectivity index (χ0n) is 13.5. The lowest BCUT2D eigenvalue weighted by Crippen LogP contribution is -2.10. The van der Waals surface area contributed by atoms with Crippen molar-refractivity contribution in [3.05, 3.63) is 64.5 Å². The van der Waals surface area contributed by atoms with Crippen LogP contribution in [0.15, 0.2) is 57.7 Å². The molecule has 0 bridgehead atoms. The Bertz CT molecular complexity index is 1000. The van der Waals surface area contributed by atoms with Crippen LogP contribution in [0.25, 0.3) is 22.1 Å². The number of fused-ring (bicyclic) bond motifs is 1. The van der Waals surface area contributed by atoms with Crippen LogP contribution in [0.5, 0.6) is 5.75 Å². The third-order valence-electron chi connectivity index (χ3n) is 4.37. The zero-order chi connectivity index (χ0) is 17.4. The van der Waals surface area contributed by atoms with Gasteiger partial charge in [0.1, 0.15) is 11.3 Å². The summed E-state index contributed by atoms with van der Waals surface area (Å²) in [7, 11) is 0. The summed E-state index contributed by atoms with van der Waals surface area (Å²) in [5, 5.41) is 0.669. The van der Waals surface area contributed by atoms with E-state index in [0.717, 1.165) is 17.9 Å². The van der Waals surface area contributed by atoms with Crippen molar-refractivity contribution in [3.63, 3.8) is 0 Å². The molecule has 1 aliphatic rings. The van der Waals surface area contributed by atoms with Gasteiger partial charge in [-0.05, 0) is 60.2 Å². The van der Waals surface area contributed by atoms with Gasteiger partial charge in [0, 0.05) is 17.0 Å². The molecule has 1 amide bonds. The van der Waals surface area contributed by atoms with E-state index in [1.54, 1.807) is 18.2 Å². The fraction of sp³-hybridized carbons (Fsp3) is 0.200. The summed E-state index contributed by atoms with van der Waals surface area (Å²) in [5.41, 5.74) is 7.25. The number of hydrogen-bond acceptors (Lipinski definition) is 4. The first-order valence-electron chi connectivity index (χ1n) is 8.21. The maximum atomic E-state index is 11.9. The number of benzene rings is 2. The fourth-order valence-corrected chi connectivity index (χ4v) is 2.78. The molecule has 1 saturated carbocycles. The van der Waals surface area contributed by atoms with E-state index in [4.69, 9.17) is 14.9 Å². The van der Waals surface area contributed by atoms with E-state index in [9.17, 15) is 9.59 Å². The molecule has 0 radical (unpaired) electrons. The van der Waals surface area contributed by atoms with Gasteiger partial charge in [-0.25, -0.2) is 4.79 Å². The van der Waals surface area contributed by atoms with E-state index >= 15 is 0 Å². The van der Waals surface area contributed by atoms with Crippen LogP contribution in [0, 0.1) is 5.92 Å². The van der Waals surface area contributed by atoms with E-state index in [2.05, 4.69) is 0 Å². The molecule has 3 aromatic rings. The van der Waals surface area contributed by atoms with Crippen molar-refractivity contribution in [1.82, 2.24) is 0 Å². The van der Waals surface area contributed by atoms with E-state index in [1.165, 1.54) is 18.9 Å². The summed E-state index contributed by atoms with van der Waals surface area (Å²) in [4.78, 5) is 23.3. The Morgan fingerprint density at radius 1 is 1.12 bits per heavy atom. The number of nitrogens with two attached hydrogens (primary N) is 1. The normalized spacial score (nSPS) is 13.8. The molecule has 0 saturated heterocycles. The van der Waals surface area contributed by atoms with Crippen molar-refractivity contribution in [2.45, 2.75) is 12.8 Å². The van der Waals surface area contributed by atoms with Crippen molar-refractivity contribution in [1.29, 1.82) is 0 Å². The third kappa shape index (κ3) is 3.26. The Kier molecular flexibility index (Phi) is 3.76. The molecule has 0 aliphatic heterocycles. The molecule has 1 fully saturated rings. The molecule has 1 aliphatic carbocycles. The summed E-state index contributed by atoms with van der Waals surface area (Å²) < 4.78 is 11.0. The Hall–Kier alpha value is -3.08. The number of hydrogen-bond donors (Lipinski definition) is 1. The second kappa shape index (κ2) is 6.09. The van der Waals surface area contributed by atoms with Crippen molar-refractivity contribution >= 4 is 16.9 Å². The maximum Gasteiger partial charge on any atom is 0.336 e. The highest BCUT2D eigenvalue weighted by atomic mass is 16.5. The standard InChI is InChI=1S/C20H17NO4/c21-20(23)14-5-8-18-17(9-14)16(10-19(22)25-18)13-3-6-15(7-4-13)24-11-12-1-2-12/h3-10,12H,1-2,11H2,(H2,21,23). The number of carbonyl (C=O) groups is 1. The smallest absolute Gasteiger partial charge is 0.336 e. The van der Waals surface area contributed by atoms with Crippen LogP contribution >= 0.6 is 0 Å². The number of ether oxygens (including phenoxy) is 1. The van der Waals surface area contributed by atoms with Crippen LogP contribution in [0.4, 0.5) is 0 Å². The third-order valence-corrected chi connectivity index (χ3v) is 4.37.